The molecular weight excluding hydrogens is 338 g/mol. The van der Waals surface area contributed by atoms with Gasteiger partial charge in [0, 0.05) is 17.7 Å². The van der Waals surface area contributed by atoms with Gasteiger partial charge in [0.1, 0.15) is 5.76 Å². The second-order valence-electron chi connectivity index (χ2n) is 6.52. The fourth-order valence-corrected chi connectivity index (χ4v) is 3.06. The summed E-state index contributed by atoms with van der Waals surface area (Å²) < 4.78 is 5.66. The second-order valence-corrected chi connectivity index (χ2v) is 6.52. The molecule has 1 amide bonds. The first-order valence-electron chi connectivity index (χ1n) is 8.67. The molecule has 136 valence electrons. The molecule has 2 N–H and O–H groups in total. The van der Waals surface area contributed by atoms with Gasteiger partial charge in [-0.2, -0.15) is 0 Å². The van der Waals surface area contributed by atoms with Crippen LogP contribution in [-0.2, 0) is 4.79 Å². The van der Waals surface area contributed by atoms with Crippen molar-refractivity contribution < 1.29 is 9.21 Å². The molecule has 1 aliphatic heterocycles. The lowest BCUT2D eigenvalue weighted by atomic mass is 9.93. The zero-order valence-corrected chi connectivity index (χ0v) is 15.6. The van der Waals surface area contributed by atoms with Gasteiger partial charge >= 0.3 is 0 Å². The molecule has 2 heterocycles. The van der Waals surface area contributed by atoms with E-state index in [0.29, 0.717) is 18.2 Å². The molecule has 6 heteroatoms. The summed E-state index contributed by atoms with van der Waals surface area (Å²) in [5, 5.41) is 6.34. The van der Waals surface area contributed by atoms with E-state index in [0.717, 1.165) is 42.2 Å². The van der Waals surface area contributed by atoms with Crippen LogP contribution < -0.4 is 10.6 Å². The molecule has 1 saturated heterocycles. The van der Waals surface area contributed by atoms with Crippen molar-refractivity contribution in [2.45, 2.75) is 39.5 Å². The highest BCUT2D eigenvalue weighted by atomic mass is 35.5. The van der Waals surface area contributed by atoms with Crippen molar-refractivity contribution in [3.63, 3.8) is 0 Å². The fraction of sp³-hybridized carbons (Fsp3) is 0.474. The Morgan fingerprint density at radius 3 is 2.76 bits per heavy atom. The van der Waals surface area contributed by atoms with Crippen LogP contribution >= 0.6 is 12.4 Å². The zero-order valence-electron chi connectivity index (χ0n) is 14.8. The average Bonchev–Trinajstić information content (AvgIpc) is 2.93. The minimum Gasteiger partial charge on any atom is -0.441 e. The number of hydrogen-bond acceptors (Lipinski definition) is 4. The predicted octanol–water partition coefficient (Wildman–Crippen LogP) is 4.10. The molecule has 3 rings (SSSR count). The van der Waals surface area contributed by atoms with Gasteiger partial charge in [-0.1, -0.05) is 6.07 Å². The molecule has 1 aromatic heterocycles. The molecule has 0 aliphatic carbocycles. The molecule has 0 saturated carbocycles. The van der Waals surface area contributed by atoms with Crippen LogP contribution in [0.5, 0.6) is 0 Å². The van der Waals surface area contributed by atoms with Crippen LogP contribution in [0.1, 0.15) is 37.1 Å². The fourth-order valence-electron chi connectivity index (χ4n) is 3.06. The number of carbonyl (C=O) groups excluding carboxylic acids is 1. The Morgan fingerprint density at radius 1 is 1.32 bits per heavy atom. The molecule has 5 nitrogen and oxygen atoms in total. The van der Waals surface area contributed by atoms with E-state index < -0.39 is 0 Å². The highest BCUT2D eigenvalue weighted by Gasteiger charge is 2.15. The number of halogens is 1. The Labute approximate surface area is 155 Å². The summed E-state index contributed by atoms with van der Waals surface area (Å²) in [4.78, 5) is 16.6. The molecule has 0 bridgehead atoms. The van der Waals surface area contributed by atoms with Gasteiger partial charge in [0.05, 0.1) is 5.69 Å². The highest BCUT2D eigenvalue weighted by Crippen LogP contribution is 2.24. The van der Waals surface area contributed by atoms with Gasteiger partial charge in [0.15, 0.2) is 0 Å². The maximum absolute atomic E-state index is 12.2. The van der Waals surface area contributed by atoms with Gasteiger partial charge in [-0.25, -0.2) is 4.98 Å². The zero-order chi connectivity index (χ0) is 16.9. The summed E-state index contributed by atoms with van der Waals surface area (Å²) in [5.41, 5.74) is 2.56. The van der Waals surface area contributed by atoms with E-state index in [1.165, 1.54) is 12.8 Å². The topological polar surface area (TPSA) is 67.2 Å². The molecule has 0 unspecified atom stereocenters. The Hall–Kier alpha value is -1.85. The third-order valence-corrected chi connectivity index (χ3v) is 4.66. The minimum atomic E-state index is 0. The molecular formula is C19H26ClN3O2. The van der Waals surface area contributed by atoms with Gasteiger partial charge in [-0.3, -0.25) is 4.79 Å². The molecule has 1 aromatic carbocycles. The van der Waals surface area contributed by atoms with Crippen molar-refractivity contribution >= 4 is 24.0 Å². The first-order valence-corrected chi connectivity index (χ1v) is 8.67. The SMILES string of the molecule is Cc1nc(-c2cccc(NC(=O)CCC3CCNCC3)c2)oc1C.Cl. The smallest absolute Gasteiger partial charge is 0.226 e. The number of anilines is 1. The highest BCUT2D eigenvalue weighted by molar-refractivity contribution is 5.91. The molecule has 0 spiro atoms. The minimum absolute atomic E-state index is 0. The number of benzene rings is 1. The molecule has 1 aliphatic rings. The van der Waals surface area contributed by atoms with E-state index in [1.807, 2.05) is 38.1 Å². The van der Waals surface area contributed by atoms with Gasteiger partial charge in [0.2, 0.25) is 11.8 Å². The number of oxazole rings is 1. The van der Waals surface area contributed by atoms with Crippen LogP contribution in [0.3, 0.4) is 0 Å². The molecule has 0 radical (unpaired) electrons. The third kappa shape index (κ3) is 5.31. The number of hydrogen-bond donors (Lipinski definition) is 2. The summed E-state index contributed by atoms with van der Waals surface area (Å²) in [7, 11) is 0. The maximum atomic E-state index is 12.2. The Balaban J connectivity index is 0.00000225. The van der Waals surface area contributed by atoms with Crippen molar-refractivity contribution in [3.05, 3.63) is 35.7 Å². The van der Waals surface area contributed by atoms with Gasteiger partial charge in [-0.05, 0) is 70.3 Å². The monoisotopic (exact) mass is 363 g/mol. The van der Waals surface area contributed by atoms with Crippen molar-refractivity contribution in [2.24, 2.45) is 5.92 Å². The Kier molecular flexibility index (Phi) is 7.02. The van der Waals surface area contributed by atoms with Gasteiger partial charge in [0.25, 0.3) is 0 Å². The summed E-state index contributed by atoms with van der Waals surface area (Å²) in [5.74, 6) is 2.16. The number of aromatic nitrogens is 1. The van der Waals surface area contributed by atoms with Crippen molar-refractivity contribution in [1.29, 1.82) is 0 Å². The van der Waals surface area contributed by atoms with Crippen LogP contribution in [0.15, 0.2) is 28.7 Å². The van der Waals surface area contributed by atoms with Crippen LogP contribution in [0.25, 0.3) is 11.5 Å². The molecule has 2 aromatic rings. The summed E-state index contributed by atoms with van der Waals surface area (Å²) in [6, 6.07) is 7.66. The van der Waals surface area contributed by atoms with Crippen molar-refractivity contribution in [3.8, 4) is 11.5 Å². The van der Waals surface area contributed by atoms with Crippen molar-refractivity contribution in [2.75, 3.05) is 18.4 Å². The van der Waals surface area contributed by atoms with E-state index >= 15 is 0 Å². The van der Waals surface area contributed by atoms with E-state index in [9.17, 15) is 4.79 Å². The normalized spacial score (nSPS) is 14.8. The Morgan fingerprint density at radius 2 is 2.08 bits per heavy atom. The van der Waals surface area contributed by atoms with Crippen LogP contribution in [-0.4, -0.2) is 24.0 Å². The second kappa shape index (κ2) is 9.02. The number of piperidine rings is 1. The average molecular weight is 364 g/mol. The van der Waals surface area contributed by atoms with Gasteiger partial charge in [-0.15, -0.1) is 12.4 Å². The molecule has 25 heavy (non-hydrogen) atoms. The largest absolute Gasteiger partial charge is 0.441 e. The van der Waals surface area contributed by atoms with Crippen LogP contribution in [0.2, 0.25) is 0 Å². The number of rotatable bonds is 5. The lowest BCUT2D eigenvalue weighted by molar-refractivity contribution is -0.116. The number of nitrogens with zero attached hydrogens (tertiary/aromatic N) is 1. The van der Waals surface area contributed by atoms with E-state index in [-0.39, 0.29) is 18.3 Å². The molecule has 0 atom stereocenters. The van der Waals surface area contributed by atoms with E-state index in [4.69, 9.17) is 4.42 Å². The number of amides is 1. The summed E-state index contributed by atoms with van der Waals surface area (Å²) in [6.07, 6.45) is 3.88. The van der Waals surface area contributed by atoms with E-state index in [1.54, 1.807) is 0 Å². The number of nitrogens with one attached hydrogen (secondary N) is 2. The standard InChI is InChI=1S/C19H25N3O2.ClH/c1-13-14(2)24-19(21-13)16-4-3-5-17(12-16)22-18(23)7-6-15-8-10-20-11-9-15;/h3-5,12,15,20H,6-11H2,1-2H3,(H,22,23);1H. The lowest BCUT2D eigenvalue weighted by Gasteiger charge is -2.22. The first-order chi connectivity index (χ1) is 11.6. The summed E-state index contributed by atoms with van der Waals surface area (Å²) >= 11 is 0. The number of carbonyl (C=O) groups is 1. The van der Waals surface area contributed by atoms with Crippen molar-refractivity contribution in [1.82, 2.24) is 10.3 Å². The molecule has 1 fully saturated rings. The van der Waals surface area contributed by atoms with Crippen LogP contribution in [0.4, 0.5) is 5.69 Å². The van der Waals surface area contributed by atoms with Gasteiger partial charge < -0.3 is 15.1 Å². The van der Waals surface area contributed by atoms with E-state index in [2.05, 4.69) is 15.6 Å². The third-order valence-electron chi connectivity index (χ3n) is 4.66. The Bertz CT molecular complexity index is 689. The lowest BCUT2D eigenvalue weighted by Crippen LogP contribution is -2.28. The summed E-state index contributed by atoms with van der Waals surface area (Å²) in [6.45, 7) is 5.97. The van der Waals surface area contributed by atoms with Crippen LogP contribution in [0, 0.1) is 19.8 Å². The first kappa shape index (κ1) is 19.5. The predicted molar refractivity (Wildman–Crippen MR) is 102 cm³/mol. The number of aryl methyl sites for hydroxylation is 2. The quantitative estimate of drug-likeness (QED) is 0.839. The maximum Gasteiger partial charge on any atom is 0.226 e.